The van der Waals surface area contributed by atoms with Crippen molar-refractivity contribution in [3.05, 3.63) is 42.5 Å². The van der Waals surface area contributed by atoms with E-state index in [2.05, 4.69) is 9.72 Å². The van der Waals surface area contributed by atoms with Gasteiger partial charge < -0.3 is 18.8 Å². The number of rotatable bonds is 3. The average Bonchev–Trinajstić information content (AvgIpc) is 3.01. The second-order valence-corrected chi connectivity index (χ2v) is 4.72. The molecule has 1 aliphatic rings. The van der Waals surface area contributed by atoms with Crippen molar-refractivity contribution in [2.75, 3.05) is 24.6 Å². The molecule has 0 bridgehead atoms. The fourth-order valence-corrected chi connectivity index (χ4v) is 2.26. The van der Waals surface area contributed by atoms with Gasteiger partial charge in [-0.05, 0) is 24.3 Å². The van der Waals surface area contributed by atoms with Crippen molar-refractivity contribution in [2.24, 2.45) is 0 Å². The number of ether oxygens (including phenoxy) is 2. The van der Waals surface area contributed by atoms with Crippen molar-refractivity contribution in [1.82, 2.24) is 4.98 Å². The highest BCUT2D eigenvalue weighted by molar-refractivity contribution is 5.41. The van der Waals surface area contributed by atoms with Crippen LogP contribution < -0.4 is 9.64 Å². The van der Waals surface area contributed by atoms with Crippen LogP contribution in [0.3, 0.4) is 0 Å². The van der Waals surface area contributed by atoms with Crippen LogP contribution in [0.2, 0.25) is 0 Å². The highest BCUT2D eigenvalue weighted by atomic mass is 19.4. The normalized spacial score (nSPS) is 19.2. The molecule has 3 rings (SSSR count). The predicted molar refractivity (Wildman–Crippen MR) is 70.5 cm³/mol. The lowest BCUT2D eigenvalue weighted by Crippen LogP contribution is -2.38. The van der Waals surface area contributed by atoms with Crippen molar-refractivity contribution in [3.63, 3.8) is 0 Å². The van der Waals surface area contributed by atoms with Gasteiger partial charge in [-0.15, -0.1) is 13.2 Å². The molecule has 1 atom stereocenters. The Hall–Kier alpha value is -2.22. The lowest BCUT2D eigenvalue weighted by atomic mass is 10.2. The summed E-state index contributed by atoms with van der Waals surface area (Å²) in [4.78, 5) is 5.94. The first-order valence-electron chi connectivity index (χ1n) is 6.63. The van der Waals surface area contributed by atoms with Crippen LogP contribution in [0.25, 0.3) is 0 Å². The summed E-state index contributed by atoms with van der Waals surface area (Å²) < 4.78 is 51.1. The molecule has 2 aromatic heterocycles. The Kier molecular flexibility index (Phi) is 3.93. The van der Waals surface area contributed by atoms with E-state index in [0.717, 1.165) is 6.20 Å². The van der Waals surface area contributed by atoms with Gasteiger partial charge in [-0.1, -0.05) is 0 Å². The second-order valence-electron chi connectivity index (χ2n) is 4.72. The van der Waals surface area contributed by atoms with E-state index in [1.54, 1.807) is 12.3 Å². The van der Waals surface area contributed by atoms with Gasteiger partial charge in [0.1, 0.15) is 23.4 Å². The molecule has 0 aliphatic carbocycles. The second kappa shape index (κ2) is 5.88. The molecule has 0 saturated carbocycles. The molecule has 0 radical (unpaired) electrons. The topological polar surface area (TPSA) is 47.7 Å². The first-order valence-corrected chi connectivity index (χ1v) is 6.63. The number of aromatic nitrogens is 1. The van der Waals surface area contributed by atoms with Crippen LogP contribution in [-0.4, -0.2) is 31.0 Å². The van der Waals surface area contributed by atoms with Gasteiger partial charge in [-0.25, -0.2) is 4.98 Å². The third-order valence-electron chi connectivity index (χ3n) is 3.21. The molecule has 0 N–H and O–H groups in total. The summed E-state index contributed by atoms with van der Waals surface area (Å²) in [6, 6.07) is 6.33. The van der Waals surface area contributed by atoms with Gasteiger partial charge in [0.2, 0.25) is 0 Å². The van der Waals surface area contributed by atoms with E-state index >= 15 is 0 Å². The molecule has 5 nitrogen and oxygen atoms in total. The molecule has 1 unspecified atom stereocenters. The standard InChI is InChI=1S/C14H13F3N2O3/c15-14(16,17)22-10-3-4-13(18-8-10)19-5-7-21-12(9-19)11-2-1-6-20-11/h1-4,6,8,12H,5,7,9H2. The summed E-state index contributed by atoms with van der Waals surface area (Å²) >= 11 is 0. The lowest BCUT2D eigenvalue weighted by molar-refractivity contribution is -0.274. The monoisotopic (exact) mass is 314 g/mol. The Bertz CT molecular complexity index is 599. The maximum Gasteiger partial charge on any atom is 0.573 e. The molecule has 0 amide bonds. The van der Waals surface area contributed by atoms with E-state index in [1.165, 1.54) is 12.1 Å². The lowest BCUT2D eigenvalue weighted by Gasteiger charge is -2.32. The van der Waals surface area contributed by atoms with Crippen LogP contribution in [0, 0.1) is 0 Å². The fraction of sp³-hybridized carbons (Fsp3) is 0.357. The maximum absolute atomic E-state index is 12.1. The molecular weight excluding hydrogens is 301 g/mol. The van der Waals surface area contributed by atoms with Gasteiger partial charge in [0.05, 0.1) is 25.6 Å². The Balaban J connectivity index is 1.68. The van der Waals surface area contributed by atoms with Gasteiger partial charge in [-0.3, -0.25) is 0 Å². The molecule has 8 heteroatoms. The third-order valence-corrected chi connectivity index (χ3v) is 3.21. The molecule has 0 spiro atoms. The van der Waals surface area contributed by atoms with Crippen molar-refractivity contribution < 1.29 is 27.1 Å². The van der Waals surface area contributed by atoms with E-state index in [-0.39, 0.29) is 11.9 Å². The molecule has 0 aromatic carbocycles. The van der Waals surface area contributed by atoms with E-state index in [9.17, 15) is 13.2 Å². The smallest absolute Gasteiger partial charge is 0.467 e. The number of hydrogen-bond donors (Lipinski definition) is 0. The molecule has 3 heterocycles. The summed E-state index contributed by atoms with van der Waals surface area (Å²) in [5.74, 6) is 0.934. The largest absolute Gasteiger partial charge is 0.573 e. The first kappa shape index (κ1) is 14.7. The van der Waals surface area contributed by atoms with Gasteiger partial charge in [0.15, 0.2) is 0 Å². The van der Waals surface area contributed by atoms with Crippen molar-refractivity contribution in [1.29, 1.82) is 0 Å². The van der Waals surface area contributed by atoms with Gasteiger partial charge >= 0.3 is 6.36 Å². The van der Waals surface area contributed by atoms with Crippen molar-refractivity contribution in [2.45, 2.75) is 12.5 Å². The van der Waals surface area contributed by atoms with Crippen molar-refractivity contribution >= 4 is 5.82 Å². The van der Waals surface area contributed by atoms with E-state index in [0.29, 0.717) is 31.3 Å². The first-order chi connectivity index (χ1) is 10.5. The minimum absolute atomic E-state index is 0.225. The molecule has 22 heavy (non-hydrogen) atoms. The number of morpholine rings is 1. The average molecular weight is 314 g/mol. The molecule has 2 aromatic rings. The number of pyridine rings is 1. The maximum atomic E-state index is 12.1. The Morgan fingerprint density at radius 1 is 1.27 bits per heavy atom. The van der Waals surface area contributed by atoms with Crippen LogP contribution in [0.15, 0.2) is 41.1 Å². The Morgan fingerprint density at radius 3 is 2.77 bits per heavy atom. The number of furan rings is 1. The minimum atomic E-state index is -4.72. The molecule has 1 aliphatic heterocycles. The summed E-state index contributed by atoms with van der Waals surface area (Å²) in [6.07, 6.45) is -2.32. The van der Waals surface area contributed by atoms with Crippen LogP contribution >= 0.6 is 0 Å². The van der Waals surface area contributed by atoms with Crippen LogP contribution in [0.1, 0.15) is 11.9 Å². The molecule has 1 fully saturated rings. The zero-order chi connectivity index (χ0) is 15.6. The van der Waals surface area contributed by atoms with Gasteiger partial charge in [-0.2, -0.15) is 0 Å². The number of anilines is 1. The summed E-state index contributed by atoms with van der Waals surface area (Å²) in [7, 11) is 0. The third kappa shape index (κ3) is 3.51. The predicted octanol–water partition coefficient (Wildman–Crippen LogP) is 3.15. The van der Waals surface area contributed by atoms with Crippen molar-refractivity contribution in [3.8, 4) is 5.75 Å². The molecular formula is C14H13F3N2O3. The van der Waals surface area contributed by atoms with Crippen LogP contribution in [0.5, 0.6) is 5.75 Å². The highest BCUT2D eigenvalue weighted by Gasteiger charge is 2.31. The minimum Gasteiger partial charge on any atom is -0.467 e. The number of alkyl halides is 3. The van der Waals surface area contributed by atoms with Crippen LogP contribution in [0.4, 0.5) is 19.0 Å². The SMILES string of the molecule is FC(F)(F)Oc1ccc(N2CCOC(c3ccco3)C2)nc1. The highest BCUT2D eigenvalue weighted by Crippen LogP contribution is 2.27. The zero-order valence-corrected chi connectivity index (χ0v) is 11.4. The molecule has 1 saturated heterocycles. The number of halogens is 3. The quantitative estimate of drug-likeness (QED) is 0.871. The van der Waals surface area contributed by atoms with E-state index in [1.807, 2.05) is 11.0 Å². The van der Waals surface area contributed by atoms with E-state index < -0.39 is 6.36 Å². The number of nitrogens with zero attached hydrogens (tertiary/aromatic N) is 2. The summed E-state index contributed by atoms with van der Waals surface area (Å²) in [5, 5.41) is 0. The summed E-state index contributed by atoms with van der Waals surface area (Å²) in [5.41, 5.74) is 0. The Labute approximate surface area is 124 Å². The van der Waals surface area contributed by atoms with Gasteiger partial charge in [0, 0.05) is 6.54 Å². The van der Waals surface area contributed by atoms with E-state index in [4.69, 9.17) is 9.15 Å². The molecule has 118 valence electrons. The fourth-order valence-electron chi connectivity index (χ4n) is 2.26. The van der Waals surface area contributed by atoms with Gasteiger partial charge in [0.25, 0.3) is 0 Å². The summed E-state index contributed by atoms with van der Waals surface area (Å²) in [6.45, 7) is 1.59. The Morgan fingerprint density at radius 2 is 2.14 bits per heavy atom. The zero-order valence-electron chi connectivity index (χ0n) is 11.4. The van der Waals surface area contributed by atoms with Crippen LogP contribution in [-0.2, 0) is 4.74 Å². The number of hydrogen-bond acceptors (Lipinski definition) is 5.